The van der Waals surface area contributed by atoms with Gasteiger partial charge in [-0.25, -0.2) is 0 Å². The van der Waals surface area contributed by atoms with Gasteiger partial charge in [-0.15, -0.1) is 0 Å². The van der Waals surface area contributed by atoms with Gasteiger partial charge in [0.05, 0.1) is 22.9 Å². The van der Waals surface area contributed by atoms with Crippen LogP contribution >= 0.6 is 0 Å². The fraction of sp³-hybridized carbons (Fsp3) is 0.263. The highest BCUT2D eigenvalue weighted by molar-refractivity contribution is 5.59. The number of hydrogen-bond acceptors (Lipinski definition) is 4. The molecule has 1 aliphatic rings. The first-order valence-corrected chi connectivity index (χ1v) is 7.75. The van der Waals surface area contributed by atoms with E-state index in [0.717, 1.165) is 44.0 Å². The molecule has 1 fully saturated rings. The van der Waals surface area contributed by atoms with Gasteiger partial charge in [0, 0.05) is 32.7 Å². The molecule has 114 valence electrons. The van der Waals surface area contributed by atoms with Crippen molar-refractivity contribution in [1.29, 1.82) is 10.5 Å². The predicted molar refractivity (Wildman–Crippen MR) is 89.8 cm³/mol. The molecule has 0 N–H and O–H groups in total. The van der Waals surface area contributed by atoms with Gasteiger partial charge in [-0.3, -0.25) is 4.90 Å². The van der Waals surface area contributed by atoms with E-state index in [4.69, 9.17) is 5.26 Å². The summed E-state index contributed by atoms with van der Waals surface area (Å²) >= 11 is 0. The van der Waals surface area contributed by atoms with Crippen LogP contribution in [0.5, 0.6) is 0 Å². The van der Waals surface area contributed by atoms with Crippen LogP contribution in [0.15, 0.2) is 48.5 Å². The van der Waals surface area contributed by atoms with E-state index in [-0.39, 0.29) is 0 Å². The molecule has 0 spiro atoms. The molecule has 0 aromatic heterocycles. The van der Waals surface area contributed by atoms with Crippen LogP contribution in [0.1, 0.15) is 16.7 Å². The van der Waals surface area contributed by atoms with Crippen LogP contribution < -0.4 is 4.90 Å². The Balaban J connectivity index is 1.60. The monoisotopic (exact) mass is 302 g/mol. The van der Waals surface area contributed by atoms with Gasteiger partial charge in [0.25, 0.3) is 0 Å². The molecule has 1 saturated heterocycles. The lowest BCUT2D eigenvalue weighted by atomic mass is 10.1. The Hall–Kier alpha value is -2.82. The Morgan fingerprint density at radius 2 is 1.52 bits per heavy atom. The predicted octanol–water partition coefficient (Wildman–Crippen LogP) is 2.75. The summed E-state index contributed by atoms with van der Waals surface area (Å²) in [4.78, 5) is 4.70. The normalized spacial score (nSPS) is 15.0. The molecule has 0 amide bonds. The van der Waals surface area contributed by atoms with Crippen LogP contribution in [0, 0.1) is 22.7 Å². The molecule has 3 rings (SSSR count). The van der Waals surface area contributed by atoms with Crippen LogP contribution in [-0.2, 0) is 6.54 Å². The van der Waals surface area contributed by atoms with Crippen molar-refractivity contribution in [2.75, 3.05) is 31.1 Å². The van der Waals surface area contributed by atoms with Gasteiger partial charge in [0.15, 0.2) is 0 Å². The van der Waals surface area contributed by atoms with Crippen molar-refractivity contribution in [2.45, 2.75) is 6.54 Å². The van der Waals surface area contributed by atoms with E-state index in [1.165, 1.54) is 5.56 Å². The summed E-state index contributed by atoms with van der Waals surface area (Å²) in [5, 5.41) is 18.1. The number of rotatable bonds is 3. The summed E-state index contributed by atoms with van der Waals surface area (Å²) < 4.78 is 0. The second-order valence-corrected chi connectivity index (χ2v) is 5.70. The molecule has 2 aromatic rings. The van der Waals surface area contributed by atoms with Crippen LogP contribution in [0.25, 0.3) is 0 Å². The van der Waals surface area contributed by atoms with Crippen molar-refractivity contribution in [3.05, 3.63) is 65.2 Å². The Kier molecular flexibility index (Phi) is 4.57. The topological polar surface area (TPSA) is 54.1 Å². The molecule has 0 radical (unpaired) electrons. The number of nitrogens with zero attached hydrogens (tertiary/aromatic N) is 4. The third-order valence-electron chi connectivity index (χ3n) is 4.23. The van der Waals surface area contributed by atoms with E-state index in [2.05, 4.69) is 21.9 Å². The molecule has 4 heteroatoms. The standard InChI is InChI=1S/C19H18N4/c20-13-16-5-7-17(8-6-16)15-22-9-11-23(12-10-22)19-4-2-1-3-18(19)14-21/h1-8H,9-12,15H2. The average Bonchev–Trinajstić information content (AvgIpc) is 2.63. The number of para-hydroxylation sites is 1. The average molecular weight is 302 g/mol. The lowest BCUT2D eigenvalue weighted by molar-refractivity contribution is 0.250. The Morgan fingerprint density at radius 1 is 0.826 bits per heavy atom. The maximum atomic E-state index is 9.23. The van der Waals surface area contributed by atoms with Crippen molar-refractivity contribution in [3.8, 4) is 12.1 Å². The van der Waals surface area contributed by atoms with Crippen molar-refractivity contribution in [2.24, 2.45) is 0 Å². The number of piperazine rings is 1. The van der Waals surface area contributed by atoms with E-state index >= 15 is 0 Å². The second kappa shape index (κ2) is 6.96. The minimum absolute atomic E-state index is 0.701. The molecule has 0 aliphatic carbocycles. The Bertz CT molecular complexity index is 744. The molecule has 1 heterocycles. The van der Waals surface area contributed by atoms with E-state index < -0.39 is 0 Å². The maximum absolute atomic E-state index is 9.23. The number of benzene rings is 2. The SMILES string of the molecule is N#Cc1ccc(CN2CCN(c3ccccc3C#N)CC2)cc1. The van der Waals surface area contributed by atoms with Crippen molar-refractivity contribution < 1.29 is 0 Å². The van der Waals surface area contributed by atoms with Gasteiger partial charge < -0.3 is 4.90 Å². The van der Waals surface area contributed by atoms with Crippen LogP contribution in [-0.4, -0.2) is 31.1 Å². The van der Waals surface area contributed by atoms with Crippen molar-refractivity contribution >= 4 is 5.69 Å². The first-order valence-electron chi connectivity index (χ1n) is 7.75. The van der Waals surface area contributed by atoms with Gasteiger partial charge in [-0.05, 0) is 29.8 Å². The largest absolute Gasteiger partial charge is 0.368 e. The Morgan fingerprint density at radius 3 is 2.17 bits per heavy atom. The quantitative estimate of drug-likeness (QED) is 0.875. The minimum Gasteiger partial charge on any atom is -0.368 e. The minimum atomic E-state index is 0.701. The van der Waals surface area contributed by atoms with Crippen molar-refractivity contribution in [1.82, 2.24) is 4.90 Å². The molecule has 1 aliphatic heterocycles. The first-order chi connectivity index (χ1) is 11.3. The number of anilines is 1. The molecule has 23 heavy (non-hydrogen) atoms. The molecule has 0 bridgehead atoms. The van der Waals surface area contributed by atoms with Crippen LogP contribution in [0.2, 0.25) is 0 Å². The zero-order chi connectivity index (χ0) is 16.1. The van der Waals surface area contributed by atoms with E-state index in [0.29, 0.717) is 5.56 Å². The Labute approximate surface area is 136 Å². The fourth-order valence-corrected chi connectivity index (χ4v) is 2.93. The third kappa shape index (κ3) is 3.51. The van der Waals surface area contributed by atoms with Crippen molar-refractivity contribution in [3.63, 3.8) is 0 Å². The smallest absolute Gasteiger partial charge is 0.101 e. The van der Waals surface area contributed by atoms with Gasteiger partial charge >= 0.3 is 0 Å². The summed E-state index contributed by atoms with van der Waals surface area (Å²) in [6, 6.07) is 20.0. The fourth-order valence-electron chi connectivity index (χ4n) is 2.93. The number of nitriles is 2. The highest BCUT2D eigenvalue weighted by Gasteiger charge is 2.19. The summed E-state index contributed by atoms with van der Waals surface area (Å²) in [7, 11) is 0. The first kappa shape index (κ1) is 15.1. The molecule has 0 saturated carbocycles. The van der Waals surface area contributed by atoms with Crippen LogP contribution in [0.4, 0.5) is 5.69 Å². The van der Waals surface area contributed by atoms with Gasteiger partial charge in [0.2, 0.25) is 0 Å². The zero-order valence-electron chi connectivity index (χ0n) is 12.9. The second-order valence-electron chi connectivity index (χ2n) is 5.70. The highest BCUT2D eigenvalue weighted by Crippen LogP contribution is 2.21. The van der Waals surface area contributed by atoms with Gasteiger partial charge in [0.1, 0.15) is 6.07 Å². The molecular formula is C19H18N4. The summed E-state index contributed by atoms with van der Waals surface area (Å²) in [6.45, 7) is 4.70. The van der Waals surface area contributed by atoms with Gasteiger partial charge in [-0.2, -0.15) is 10.5 Å². The molecule has 2 aromatic carbocycles. The zero-order valence-corrected chi connectivity index (χ0v) is 12.9. The lowest BCUT2D eigenvalue weighted by Crippen LogP contribution is -2.46. The molecular weight excluding hydrogens is 284 g/mol. The lowest BCUT2D eigenvalue weighted by Gasteiger charge is -2.36. The summed E-state index contributed by atoms with van der Waals surface area (Å²) in [5.74, 6) is 0. The third-order valence-corrected chi connectivity index (χ3v) is 4.23. The van der Waals surface area contributed by atoms with E-state index in [1.807, 2.05) is 48.5 Å². The number of hydrogen-bond donors (Lipinski definition) is 0. The van der Waals surface area contributed by atoms with E-state index in [9.17, 15) is 5.26 Å². The summed E-state index contributed by atoms with van der Waals surface area (Å²) in [5.41, 5.74) is 3.71. The molecule has 0 unspecified atom stereocenters. The van der Waals surface area contributed by atoms with E-state index in [1.54, 1.807) is 0 Å². The molecule has 4 nitrogen and oxygen atoms in total. The maximum Gasteiger partial charge on any atom is 0.101 e. The highest BCUT2D eigenvalue weighted by atomic mass is 15.3. The molecule has 0 atom stereocenters. The summed E-state index contributed by atoms with van der Waals surface area (Å²) in [6.07, 6.45) is 0. The van der Waals surface area contributed by atoms with Gasteiger partial charge in [-0.1, -0.05) is 24.3 Å². The van der Waals surface area contributed by atoms with Crippen LogP contribution in [0.3, 0.4) is 0 Å².